The summed E-state index contributed by atoms with van der Waals surface area (Å²) in [5, 5.41) is 3.22. The van der Waals surface area contributed by atoms with E-state index >= 15 is 0 Å². The van der Waals surface area contributed by atoms with E-state index in [0.717, 1.165) is 30.8 Å². The molecule has 6 heteroatoms. The summed E-state index contributed by atoms with van der Waals surface area (Å²) >= 11 is 0. The predicted molar refractivity (Wildman–Crippen MR) is 88.8 cm³/mol. The zero-order valence-corrected chi connectivity index (χ0v) is 14.5. The maximum Gasteiger partial charge on any atom is 0.221 e. The number of piperidine rings is 1. The summed E-state index contributed by atoms with van der Waals surface area (Å²) < 4.78 is 23.1. The van der Waals surface area contributed by atoms with Gasteiger partial charge in [0.1, 0.15) is 12.9 Å². The third-order valence-electron chi connectivity index (χ3n) is 6.53. The molecule has 1 spiro atoms. The molecule has 2 aliphatic carbocycles. The molecule has 2 fully saturated rings. The van der Waals surface area contributed by atoms with Crippen molar-refractivity contribution in [2.24, 2.45) is 5.92 Å². The zero-order chi connectivity index (χ0) is 17.2. The number of carbonyl (C=O) groups is 1. The van der Waals surface area contributed by atoms with Crippen molar-refractivity contribution in [3.05, 3.63) is 23.3 Å². The van der Waals surface area contributed by atoms with E-state index in [9.17, 15) is 4.79 Å². The van der Waals surface area contributed by atoms with Crippen LogP contribution in [0, 0.1) is 5.92 Å². The number of methoxy groups -OCH3 is 2. The maximum absolute atomic E-state index is 12.5. The minimum atomic E-state index is -0.304. The van der Waals surface area contributed by atoms with Crippen LogP contribution in [0.2, 0.25) is 0 Å². The number of hydrogen-bond acceptors (Lipinski definition) is 5. The number of ether oxygens (including phenoxy) is 4. The highest BCUT2D eigenvalue weighted by atomic mass is 16.7. The van der Waals surface area contributed by atoms with Crippen LogP contribution >= 0.6 is 0 Å². The van der Waals surface area contributed by atoms with Gasteiger partial charge in [0.25, 0.3) is 0 Å². The van der Waals surface area contributed by atoms with Crippen LogP contribution in [0.4, 0.5) is 0 Å². The average molecular weight is 345 g/mol. The molecule has 1 aromatic rings. The maximum atomic E-state index is 12.5. The van der Waals surface area contributed by atoms with Crippen LogP contribution in [0.5, 0.6) is 11.5 Å². The van der Waals surface area contributed by atoms with Gasteiger partial charge < -0.3 is 24.3 Å². The molecular weight excluding hydrogens is 322 g/mol. The van der Waals surface area contributed by atoms with Crippen molar-refractivity contribution in [1.82, 2.24) is 5.32 Å². The van der Waals surface area contributed by atoms with E-state index in [1.54, 1.807) is 14.2 Å². The molecule has 2 heterocycles. The molecule has 0 aromatic heterocycles. The molecule has 4 aliphatic rings. The molecule has 1 saturated heterocycles. The summed E-state index contributed by atoms with van der Waals surface area (Å²) in [4.78, 5) is 12.5. The lowest BCUT2D eigenvalue weighted by atomic mass is 9.51. The highest BCUT2D eigenvalue weighted by Gasteiger charge is 2.66. The Morgan fingerprint density at radius 3 is 3.00 bits per heavy atom. The summed E-state index contributed by atoms with van der Waals surface area (Å²) in [7, 11) is 3.29. The van der Waals surface area contributed by atoms with Gasteiger partial charge in [-0.1, -0.05) is 6.07 Å². The molecule has 1 amide bonds. The van der Waals surface area contributed by atoms with Crippen molar-refractivity contribution >= 4 is 5.91 Å². The van der Waals surface area contributed by atoms with Crippen molar-refractivity contribution in [2.45, 2.75) is 49.3 Å². The number of rotatable bonds is 4. The smallest absolute Gasteiger partial charge is 0.221 e. The SMILES string of the molecule is COCO[C@H]1CC[C@@H]2[C@@H]3Cc4ccc(OC)c5c4[C@]2(CC(=O)N3)[C@@H]1O5. The highest BCUT2D eigenvalue weighted by molar-refractivity contribution is 5.82. The first-order valence-corrected chi connectivity index (χ1v) is 8.96. The molecule has 25 heavy (non-hydrogen) atoms. The molecule has 5 rings (SSSR count). The monoisotopic (exact) mass is 345 g/mol. The molecule has 0 radical (unpaired) electrons. The minimum Gasteiger partial charge on any atom is -0.493 e. The van der Waals surface area contributed by atoms with Gasteiger partial charge in [0.2, 0.25) is 5.91 Å². The lowest BCUT2D eigenvalue weighted by Crippen LogP contribution is -2.67. The quantitative estimate of drug-likeness (QED) is 0.839. The molecule has 2 aliphatic heterocycles. The topological polar surface area (TPSA) is 66.0 Å². The number of nitrogens with one attached hydrogen (secondary N) is 1. The lowest BCUT2D eigenvalue weighted by molar-refractivity contribution is -0.157. The zero-order valence-electron chi connectivity index (χ0n) is 14.5. The molecule has 1 saturated carbocycles. The van der Waals surface area contributed by atoms with Crippen molar-refractivity contribution in [3.8, 4) is 11.5 Å². The van der Waals surface area contributed by atoms with Crippen LogP contribution in [0.1, 0.15) is 30.4 Å². The van der Waals surface area contributed by atoms with Gasteiger partial charge in [0.15, 0.2) is 11.5 Å². The van der Waals surface area contributed by atoms with Crippen LogP contribution in [0.15, 0.2) is 12.1 Å². The fourth-order valence-corrected chi connectivity index (χ4v) is 5.75. The lowest BCUT2D eigenvalue weighted by Gasteiger charge is -2.55. The summed E-state index contributed by atoms with van der Waals surface area (Å²) in [5.41, 5.74) is 2.16. The summed E-state index contributed by atoms with van der Waals surface area (Å²) in [5.74, 6) is 2.06. The Kier molecular flexibility index (Phi) is 3.31. The van der Waals surface area contributed by atoms with Gasteiger partial charge in [-0.2, -0.15) is 0 Å². The van der Waals surface area contributed by atoms with Gasteiger partial charge in [0.05, 0.1) is 18.6 Å². The Hall–Kier alpha value is -1.79. The van der Waals surface area contributed by atoms with E-state index < -0.39 is 0 Å². The molecule has 1 N–H and O–H groups in total. The van der Waals surface area contributed by atoms with E-state index in [1.165, 1.54) is 11.1 Å². The summed E-state index contributed by atoms with van der Waals surface area (Å²) in [6.45, 7) is 0.237. The van der Waals surface area contributed by atoms with Gasteiger partial charge >= 0.3 is 0 Å². The second kappa shape index (κ2) is 5.35. The number of amides is 1. The van der Waals surface area contributed by atoms with E-state index in [-0.39, 0.29) is 36.4 Å². The number of benzene rings is 1. The number of carbonyl (C=O) groups excluding carboxylic acids is 1. The second-order valence-corrected chi connectivity index (χ2v) is 7.56. The molecule has 1 aromatic carbocycles. The van der Waals surface area contributed by atoms with E-state index in [4.69, 9.17) is 18.9 Å². The highest BCUT2D eigenvalue weighted by Crippen LogP contribution is 2.63. The van der Waals surface area contributed by atoms with Gasteiger partial charge in [0, 0.05) is 25.1 Å². The van der Waals surface area contributed by atoms with Crippen LogP contribution in [-0.2, 0) is 26.1 Å². The van der Waals surface area contributed by atoms with E-state index in [0.29, 0.717) is 12.3 Å². The Balaban J connectivity index is 1.69. The van der Waals surface area contributed by atoms with Crippen molar-refractivity contribution in [3.63, 3.8) is 0 Å². The van der Waals surface area contributed by atoms with Crippen LogP contribution in [0.25, 0.3) is 0 Å². The second-order valence-electron chi connectivity index (χ2n) is 7.56. The van der Waals surface area contributed by atoms with Crippen LogP contribution < -0.4 is 14.8 Å². The van der Waals surface area contributed by atoms with Crippen molar-refractivity contribution < 1.29 is 23.7 Å². The molecule has 6 nitrogen and oxygen atoms in total. The van der Waals surface area contributed by atoms with Gasteiger partial charge in [-0.3, -0.25) is 4.79 Å². The Labute approximate surface area is 146 Å². The van der Waals surface area contributed by atoms with Crippen molar-refractivity contribution in [1.29, 1.82) is 0 Å². The van der Waals surface area contributed by atoms with Crippen LogP contribution in [-0.4, -0.2) is 45.2 Å². The molecular formula is C19H23NO5. The third kappa shape index (κ3) is 1.89. The third-order valence-corrected chi connectivity index (χ3v) is 6.53. The van der Waals surface area contributed by atoms with E-state index in [1.807, 2.05) is 6.07 Å². The minimum absolute atomic E-state index is 0.0780. The molecule has 2 bridgehead atoms. The van der Waals surface area contributed by atoms with Gasteiger partial charge in [-0.15, -0.1) is 0 Å². The predicted octanol–water partition coefficient (Wildman–Crippen LogP) is 1.54. The molecule has 5 atom stereocenters. The van der Waals surface area contributed by atoms with Crippen LogP contribution in [0.3, 0.4) is 0 Å². The Morgan fingerprint density at radius 1 is 1.32 bits per heavy atom. The first kappa shape index (κ1) is 15.5. The van der Waals surface area contributed by atoms with Gasteiger partial charge in [-0.25, -0.2) is 0 Å². The fraction of sp³-hybridized carbons (Fsp3) is 0.632. The van der Waals surface area contributed by atoms with Crippen molar-refractivity contribution in [2.75, 3.05) is 21.0 Å². The average Bonchev–Trinajstić information content (AvgIpc) is 2.93. The first-order chi connectivity index (χ1) is 12.2. The number of hydrogen-bond donors (Lipinski definition) is 1. The Bertz CT molecular complexity index is 735. The molecule has 134 valence electrons. The standard InChI is InChI=1S/C19H23NO5/c1-22-9-24-14-6-4-11-12-7-10-3-5-13(23-2)17-16(10)19(11,18(14)25-17)8-15(21)20-12/h3,5,11-12,14,18H,4,6-9H2,1-2H3,(H,20,21)/t11-,12+,14+,18-,19-/m1/s1. The molecule has 0 unspecified atom stereocenters. The van der Waals surface area contributed by atoms with Gasteiger partial charge in [-0.05, 0) is 36.8 Å². The summed E-state index contributed by atoms with van der Waals surface area (Å²) in [6.07, 6.45) is 3.02. The van der Waals surface area contributed by atoms with E-state index in [2.05, 4.69) is 11.4 Å². The summed E-state index contributed by atoms with van der Waals surface area (Å²) in [6, 6.07) is 4.29. The largest absolute Gasteiger partial charge is 0.493 e. The fourth-order valence-electron chi connectivity index (χ4n) is 5.75. The first-order valence-electron chi connectivity index (χ1n) is 8.96. The normalized spacial score (nSPS) is 37.1. The Morgan fingerprint density at radius 2 is 2.20 bits per heavy atom.